The third-order valence-electron chi connectivity index (χ3n) is 2.91. The van der Waals surface area contributed by atoms with E-state index in [1.165, 1.54) is 63.2 Å². The van der Waals surface area contributed by atoms with Crippen molar-refractivity contribution in [1.82, 2.24) is 4.90 Å². The molecule has 0 heterocycles. The molecule has 110 valence electrons. The summed E-state index contributed by atoms with van der Waals surface area (Å²) in [7, 11) is 4.14. The van der Waals surface area contributed by atoms with Crippen LogP contribution in [0, 0.1) is 5.92 Å². The van der Waals surface area contributed by atoms with Crippen LogP contribution in [-0.4, -0.2) is 36.0 Å². The first-order valence-electron chi connectivity index (χ1n) is 7.67. The van der Waals surface area contributed by atoms with E-state index in [1.807, 2.05) is 0 Å². The van der Waals surface area contributed by atoms with E-state index < -0.39 is 0 Å². The molecule has 0 spiro atoms. The van der Waals surface area contributed by atoms with E-state index in [0.717, 1.165) is 5.92 Å². The minimum atomic E-state index is 0.874. The molecular weight excluding hydrogens is 258 g/mol. The van der Waals surface area contributed by atoms with Gasteiger partial charge in [-0.05, 0) is 38.3 Å². The van der Waals surface area contributed by atoms with Gasteiger partial charge in [-0.3, -0.25) is 0 Å². The van der Waals surface area contributed by atoms with Crippen molar-refractivity contribution in [3.8, 4) is 0 Å². The highest BCUT2D eigenvalue weighted by Gasteiger charge is 2.02. The van der Waals surface area contributed by atoms with Crippen LogP contribution < -0.4 is 0 Å². The van der Waals surface area contributed by atoms with Crippen molar-refractivity contribution >= 4 is 21.6 Å². The summed E-state index contributed by atoms with van der Waals surface area (Å²) >= 11 is 0. The molecule has 0 rings (SSSR count). The Kier molecular flexibility index (Phi) is 14.6. The zero-order valence-corrected chi connectivity index (χ0v) is 14.5. The highest BCUT2D eigenvalue weighted by atomic mass is 33.1. The van der Waals surface area contributed by atoms with Gasteiger partial charge in [0.05, 0.1) is 0 Å². The van der Waals surface area contributed by atoms with Crippen LogP contribution in [0.4, 0.5) is 0 Å². The van der Waals surface area contributed by atoms with Gasteiger partial charge >= 0.3 is 0 Å². The molecule has 0 aromatic heterocycles. The summed E-state index contributed by atoms with van der Waals surface area (Å²) in [5.41, 5.74) is 0. The van der Waals surface area contributed by atoms with Gasteiger partial charge < -0.3 is 4.90 Å². The van der Waals surface area contributed by atoms with Crippen LogP contribution in [0.15, 0.2) is 0 Å². The Labute approximate surface area is 123 Å². The fraction of sp³-hybridized carbons (Fsp3) is 1.00. The zero-order chi connectivity index (χ0) is 13.6. The molecule has 0 aliphatic heterocycles. The van der Waals surface area contributed by atoms with E-state index in [2.05, 4.69) is 54.2 Å². The maximum Gasteiger partial charge on any atom is 0.0165 e. The predicted molar refractivity (Wildman–Crippen MR) is 90.6 cm³/mol. The molecule has 18 heavy (non-hydrogen) atoms. The van der Waals surface area contributed by atoms with E-state index in [4.69, 9.17) is 0 Å². The second-order valence-corrected chi connectivity index (χ2v) is 8.08. The summed E-state index contributed by atoms with van der Waals surface area (Å²) in [6, 6.07) is 0. The maximum atomic E-state index is 2.60. The van der Waals surface area contributed by atoms with Crippen LogP contribution in [0.25, 0.3) is 0 Å². The lowest BCUT2D eigenvalue weighted by Crippen LogP contribution is -2.27. The number of hydrogen-bond acceptors (Lipinski definition) is 3. The summed E-state index contributed by atoms with van der Waals surface area (Å²) in [4.78, 5) is 2.60. The molecule has 0 aromatic carbocycles. The molecule has 0 radical (unpaired) electrons. The smallest absolute Gasteiger partial charge is 0.0165 e. The molecule has 0 aliphatic carbocycles. The van der Waals surface area contributed by atoms with E-state index in [1.54, 1.807) is 0 Å². The normalized spacial score (nSPS) is 11.7. The Morgan fingerprint density at radius 3 is 2.00 bits per heavy atom. The van der Waals surface area contributed by atoms with Crippen LogP contribution in [-0.2, 0) is 0 Å². The third-order valence-corrected chi connectivity index (χ3v) is 5.38. The van der Waals surface area contributed by atoms with Crippen LogP contribution in [0.3, 0.4) is 0 Å². The molecule has 0 atom stereocenters. The van der Waals surface area contributed by atoms with Crippen molar-refractivity contribution in [3.05, 3.63) is 0 Å². The summed E-state index contributed by atoms with van der Waals surface area (Å²) in [5.74, 6) is 3.49. The Morgan fingerprint density at radius 2 is 1.44 bits per heavy atom. The largest absolute Gasteiger partial charge is 0.303 e. The molecule has 0 aromatic rings. The Bertz CT molecular complexity index is 157. The maximum absolute atomic E-state index is 2.60. The van der Waals surface area contributed by atoms with Crippen molar-refractivity contribution in [2.45, 2.75) is 59.8 Å². The topological polar surface area (TPSA) is 3.24 Å². The average Bonchev–Trinajstić information content (AvgIpc) is 2.32. The van der Waals surface area contributed by atoms with E-state index in [-0.39, 0.29) is 0 Å². The number of unbranched alkanes of at least 4 members (excludes halogenated alkanes) is 1. The molecule has 0 N–H and O–H groups in total. The number of nitrogens with zero attached hydrogens (tertiary/aromatic N) is 1. The van der Waals surface area contributed by atoms with Crippen LogP contribution >= 0.6 is 21.6 Å². The second-order valence-electron chi connectivity index (χ2n) is 5.38. The van der Waals surface area contributed by atoms with Gasteiger partial charge in [-0.1, -0.05) is 62.1 Å². The van der Waals surface area contributed by atoms with Gasteiger partial charge in [-0.2, -0.15) is 0 Å². The number of hydrogen-bond donors (Lipinski definition) is 0. The fourth-order valence-electron chi connectivity index (χ4n) is 1.97. The van der Waals surface area contributed by atoms with Gasteiger partial charge in [-0.15, -0.1) is 0 Å². The molecule has 0 aliphatic rings. The van der Waals surface area contributed by atoms with Gasteiger partial charge in [0.25, 0.3) is 0 Å². The molecule has 0 amide bonds. The van der Waals surface area contributed by atoms with Gasteiger partial charge in [0.2, 0.25) is 0 Å². The lowest BCUT2D eigenvalue weighted by Gasteiger charge is -2.20. The number of rotatable bonds is 13. The van der Waals surface area contributed by atoms with E-state index >= 15 is 0 Å². The van der Waals surface area contributed by atoms with E-state index in [0.29, 0.717) is 0 Å². The van der Waals surface area contributed by atoms with Gasteiger partial charge in [-0.25, -0.2) is 0 Å². The zero-order valence-electron chi connectivity index (χ0n) is 12.9. The molecule has 0 bridgehead atoms. The Morgan fingerprint density at radius 1 is 0.833 bits per heavy atom. The van der Waals surface area contributed by atoms with Crippen molar-refractivity contribution < 1.29 is 0 Å². The van der Waals surface area contributed by atoms with E-state index in [9.17, 15) is 0 Å². The third kappa shape index (κ3) is 13.1. The summed E-state index contributed by atoms with van der Waals surface area (Å²) < 4.78 is 0. The molecule has 0 saturated heterocycles. The fourth-order valence-corrected chi connectivity index (χ4v) is 4.14. The average molecular weight is 292 g/mol. The van der Waals surface area contributed by atoms with Gasteiger partial charge in [0.15, 0.2) is 0 Å². The monoisotopic (exact) mass is 291 g/mol. The molecular formula is C15H33NS2. The first kappa shape index (κ1) is 18.7. The molecule has 0 unspecified atom stereocenters. The minimum Gasteiger partial charge on any atom is -0.303 e. The van der Waals surface area contributed by atoms with Gasteiger partial charge in [0.1, 0.15) is 0 Å². The van der Waals surface area contributed by atoms with Crippen LogP contribution in [0.1, 0.15) is 59.8 Å². The SMILES string of the molecule is CCCN(CCC)CCSSCCCCC(C)C. The van der Waals surface area contributed by atoms with Crippen molar-refractivity contribution in [3.63, 3.8) is 0 Å². The molecule has 1 nitrogen and oxygen atoms in total. The summed E-state index contributed by atoms with van der Waals surface area (Å²) in [6.45, 7) is 13.0. The van der Waals surface area contributed by atoms with Crippen LogP contribution in [0.5, 0.6) is 0 Å². The van der Waals surface area contributed by atoms with Crippen molar-refractivity contribution in [2.75, 3.05) is 31.1 Å². The Balaban J connectivity index is 3.26. The first-order chi connectivity index (χ1) is 8.70. The first-order valence-corrected chi connectivity index (χ1v) is 10.2. The second kappa shape index (κ2) is 14.1. The highest BCUT2D eigenvalue weighted by molar-refractivity contribution is 8.76. The Hall–Kier alpha value is 0.660. The van der Waals surface area contributed by atoms with Crippen molar-refractivity contribution in [1.29, 1.82) is 0 Å². The summed E-state index contributed by atoms with van der Waals surface area (Å²) in [6.07, 6.45) is 6.76. The highest BCUT2D eigenvalue weighted by Crippen LogP contribution is 2.23. The van der Waals surface area contributed by atoms with Crippen molar-refractivity contribution in [2.24, 2.45) is 5.92 Å². The molecule has 0 fully saturated rings. The standard InChI is InChI=1S/C15H33NS2/c1-5-10-16(11-6-2)12-14-18-17-13-8-7-9-15(3)4/h15H,5-14H2,1-4H3. The minimum absolute atomic E-state index is 0.874. The molecule has 3 heteroatoms. The lowest BCUT2D eigenvalue weighted by atomic mass is 10.1. The van der Waals surface area contributed by atoms with Gasteiger partial charge in [0, 0.05) is 18.1 Å². The predicted octanol–water partition coefficient (Wildman–Crippen LogP) is 5.32. The summed E-state index contributed by atoms with van der Waals surface area (Å²) in [5, 5.41) is 0. The lowest BCUT2D eigenvalue weighted by molar-refractivity contribution is 0.292. The van der Waals surface area contributed by atoms with Crippen LogP contribution in [0.2, 0.25) is 0 Å². The quantitative estimate of drug-likeness (QED) is 0.334. The molecule has 0 saturated carbocycles.